The Morgan fingerprint density at radius 3 is 2.28 bits per heavy atom. The molecule has 2 atom stereocenters. The van der Waals surface area contributed by atoms with Crippen molar-refractivity contribution in [2.45, 2.75) is 40.2 Å². The van der Waals surface area contributed by atoms with Crippen LogP contribution in [-0.2, 0) is 4.79 Å². The average Bonchev–Trinajstić information content (AvgIpc) is 2.62. The molecule has 0 radical (unpaired) electrons. The number of carbonyl (C=O) groups excluding carboxylic acids is 2. The van der Waals surface area contributed by atoms with Crippen molar-refractivity contribution in [3.05, 3.63) is 65.2 Å². The van der Waals surface area contributed by atoms with Gasteiger partial charge in [-0.2, -0.15) is 0 Å². The van der Waals surface area contributed by atoms with Crippen molar-refractivity contribution in [3.8, 4) is 0 Å². The third kappa shape index (κ3) is 4.92. The molecule has 0 heterocycles. The number of amides is 2. The number of rotatable bonds is 6. The Hall–Kier alpha value is -2.62. The van der Waals surface area contributed by atoms with Gasteiger partial charge in [0.25, 0.3) is 5.91 Å². The number of nitrogens with one attached hydrogen (secondary N) is 2. The third-order valence-electron chi connectivity index (χ3n) is 4.59. The summed E-state index contributed by atoms with van der Waals surface area (Å²) >= 11 is 0. The van der Waals surface area contributed by atoms with Crippen LogP contribution in [0, 0.1) is 19.8 Å². The second kappa shape index (κ2) is 8.47. The van der Waals surface area contributed by atoms with Crippen LogP contribution in [0.1, 0.15) is 41.8 Å². The van der Waals surface area contributed by atoms with Crippen molar-refractivity contribution >= 4 is 17.5 Å². The van der Waals surface area contributed by atoms with Crippen molar-refractivity contribution in [2.24, 2.45) is 5.92 Å². The topological polar surface area (TPSA) is 58.2 Å². The van der Waals surface area contributed by atoms with Gasteiger partial charge < -0.3 is 10.6 Å². The first kappa shape index (κ1) is 18.7. The maximum Gasteiger partial charge on any atom is 0.251 e. The van der Waals surface area contributed by atoms with E-state index < -0.39 is 6.04 Å². The van der Waals surface area contributed by atoms with E-state index in [1.54, 1.807) is 12.1 Å². The predicted octanol–water partition coefficient (Wildman–Crippen LogP) is 4.09. The van der Waals surface area contributed by atoms with Gasteiger partial charge in [0.2, 0.25) is 5.91 Å². The van der Waals surface area contributed by atoms with E-state index in [4.69, 9.17) is 0 Å². The standard InChI is InChI=1S/C21H26N2O2/c1-5-14(2)19(23-20(24)17-9-7-6-8-10-17)21(25)22-18-12-11-15(3)16(4)13-18/h6-14,19H,5H2,1-4H3,(H,22,25)(H,23,24). The van der Waals surface area contributed by atoms with Gasteiger partial charge >= 0.3 is 0 Å². The Labute approximate surface area is 149 Å². The van der Waals surface area contributed by atoms with E-state index in [0.29, 0.717) is 5.56 Å². The SMILES string of the molecule is CCC(C)C(NC(=O)c1ccccc1)C(=O)Nc1ccc(C)c(C)c1. The zero-order valence-corrected chi connectivity index (χ0v) is 15.3. The van der Waals surface area contributed by atoms with Gasteiger partial charge in [0, 0.05) is 11.3 Å². The number of hydrogen-bond donors (Lipinski definition) is 2. The lowest BCUT2D eigenvalue weighted by atomic mass is 9.97. The van der Waals surface area contributed by atoms with Crippen LogP contribution < -0.4 is 10.6 Å². The first-order valence-electron chi connectivity index (χ1n) is 8.66. The quantitative estimate of drug-likeness (QED) is 0.833. The largest absolute Gasteiger partial charge is 0.340 e. The van der Waals surface area contributed by atoms with Crippen molar-refractivity contribution in [3.63, 3.8) is 0 Å². The van der Waals surface area contributed by atoms with E-state index in [-0.39, 0.29) is 17.7 Å². The van der Waals surface area contributed by atoms with Crippen LogP contribution in [0.25, 0.3) is 0 Å². The molecule has 2 rings (SSSR count). The minimum Gasteiger partial charge on any atom is -0.340 e. The van der Waals surface area contributed by atoms with Gasteiger partial charge in [-0.15, -0.1) is 0 Å². The molecule has 2 N–H and O–H groups in total. The maximum atomic E-state index is 12.8. The molecule has 0 aliphatic carbocycles. The molecule has 132 valence electrons. The molecule has 2 unspecified atom stereocenters. The summed E-state index contributed by atoms with van der Waals surface area (Å²) in [5, 5.41) is 5.81. The van der Waals surface area contributed by atoms with E-state index in [0.717, 1.165) is 17.7 Å². The van der Waals surface area contributed by atoms with Crippen LogP contribution in [0.4, 0.5) is 5.69 Å². The number of aryl methyl sites for hydroxylation is 2. The Kier molecular flexibility index (Phi) is 6.34. The highest BCUT2D eigenvalue weighted by Crippen LogP contribution is 2.16. The van der Waals surface area contributed by atoms with Gasteiger partial charge in [0.05, 0.1) is 0 Å². The summed E-state index contributed by atoms with van der Waals surface area (Å²) in [6.45, 7) is 8.02. The predicted molar refractivity (Wildman–Crippen MR) is 102 cm³/mol. The first-order valence-corrected chi connectivity index (χ1v) is 8.66. The normalized spacial score (nSPS) is 13.0. The lowest BCUT2D eigenvalue weighted by Crippen LogP contribution is -2.47. The summed E-state index contributed by atoms with van der Waals surface area (Å²) in [5.41, 5.74) is 3.59. The molecule has 0 saturated heterocycles. The molecule has 0 fully saturated rings. The Balaban J connectivity index is 2.14. The van der Waals surface area contributed by atoms with Gasteiger partial charge in [-0.1, -0.05) is 44.5 Å². The summed E-state index contributed by atoms with van der Waals surface area (Å²) in [7, 11) is 0. The molecule has 0 aromatic heterocycles. The lowest BCUT2D eigenvalue weighted by molar-refractivity contribution is -0.119. The average molecular weight is 338 g/mol. The summed E-state index contributed by atoms with van der Waals surface area (Å²) < 4.78 is 0. The number of hydrogen-bond acceptors (Lipinski definition) is 2. The smallest absolute Gasteiger partial charge is 0.251 e. The highest BCUT2D eigenvalue weighted by molar-refractivity contribution is 6.01. The van der Waals surface area contributed by atoms with E-state index >= 15 is 0 Å². The Bertz CT molecular complexity index is 741. The molecule has 0 bridgehead atoms. The lowest BCUT2D eigenvalue weighted by Gasteiger charge is -2.23. The third-order valence-corrected chi connectivity index (χ3v) is 4.59. The van der Waals surface area contributed by atoms with Gasteiger partial charge in [-0.3, -0.25) is 9.59 Å². The van der Waals surface area contributed by atoms with Crippen molar-refractivity contribution in [1.29, 1.82) is 0 Å². The molecular formula is C21H26N2O2. The van der Waals surface area contributed by atoms with E-state index in [1.807, 2.05) is 64.1 Å². The Morgan fingerprint density at radius 2 is 1.68 bits per heavy atom. The molecule has 0 aliphatic heterocycles. The maximum absolute atomic E-state index is 12.8. The van der Waals surface area contributed by atoms with Crippen molar-refractivity contribution in [2.75, 3.05) is 5.32 Å². The van der Waals surface area contributed by atoms with Crippen LogP contribution >= 0.6 is 0 Å². The van der Waals surface area contributed by atoms with Gasteiger partial charge in [0.1, 0.15) is 6.04 Å². The van der Waals surface area contributed by atoms with Crippen LogP contribution in [0.15, 0.2) is 48.5 Å². The van der Waals surface area contributed by atoms with Gasteiger partial charge in [0.15, 0.2) is 0 Å². The van der Waals surface area contributed by atoms with Crippen molar-refractivity contribution in [1.82, 2.24) is 5.32 Å². The van der Waals surface area contributed by atoms with Crippen LogP contribution in [0.2, 0.25) is 0 Å². The molecule has 0 saturated carbocycles. The van der Waals surface area contributed by atoms with E-state index in [2.05, 4.69) is 10.6 Å². The second-order valence-electron chi connectivity index (χ2n) is 6.49. The van der Waals surface area contributed by atoms with Crippen LogP contribution in [0.5, 0.6) is 0 Å². The van der Waals surface area contributed by atoms with Gasteiger partial charge in [-0.05, 0) is 55.2 Å². The highest BCUT2D eigenvalue weighted by Gasteiger charge is 2.26. The monoisotopic (exact) mass is 338 g/mol. The zero-order valence-electron chi connectivity index (χ0n) is 15.3. The molecule has 2 aromatic rings. The minimum absolute atomic E-state index is 0.0270. The number of benzene rings is 2. The molecule has 2 amide bonds. The summed E-state index contributed by atoms with van der Waals surface area (Å²) in [4.78, 5) is 25.2. The van der Waals surface area contributed by atoms with Crippen LogP contribution in [0.3, 0.4) is 0 Å². The second-order valence-corrected chi connectivity index (χ2v) is 6.49. The number of carbonyl (C=O) groups is 2. The van der Waals surface area contributed by atoms with Crippen molar-refractivity contribution < 1.29 is 9.59 Å². The summed E-state index contributed by atoms with van der Waals surface area (Å²) in [6, 6.07) is 14.2. The van der Waals surface area contributed by atoms with Gasteiger partial charge in [-0.25, -0.2) is 0 Å². The fourth-order valence-corrected chi connectivity index (χ4v) is 2.56. The molecular weight excluding hydrogens is 312 g/mol. The highest BCUT2D eigenvalue weighted by atomic mass is 16.2. The van der Waals surface area contributed by atoms with Crippen LogP contribution in [-0.4, -0.2) is 17.9 Å². The molecule has 4 heteroatoms. The van der Waals surface area contributed by atoms with E-state index in [1.165, 1.54) is 5.56 Å². The first-order chi connectivity index (χ1) is 11.9. The number of anilines is 1. The summed E-state index contributed by atoms with van der Waals surface area (Å²) in [6.07, 6.45) is 0.792. The zero-order chi connectivity index (χ0) is 18.4. The minimum atomic E-state index is -0.584. The molecule has 2 aromatic carbocycles. The fourth-order valence-electron chi connectivity index (χ4n) is 2.56. The molecule has 0 spiro atoms. The fraction of sp³-hybridized carbons (Fsp3) is 0.333. The molecule has 25 heavy (non-hydrogen) atoms. The van der Waals surface area contributed by atoms with E-state index in [9.17, 15) is 9.59 Å². The molecule has 0 aliphatic rings. The Morgan fingerprint density at radius 1 is 1.00 bits per heavy atom. The molecule has 4 nitrogen and oxygen atoms in total. The summed E-state index contributed by atoms with van der Waals surface area (Å²) in [5.74, 6) is -0.401.